The van der Waals surface area contributed by atoms with Gasteiger partial charge in [0, 0.05) is 5.02 Å². The van der Waals surface area contributed by atoms with E-state index in [9.17, 15) is 5.11 Å². The van der Waals surface area contributed by atoms with E-state index in [-0.39, 0.29) is 12.6 Å². The fourth-order valence-electron chi connectivity index (χ4n) is 2.17. The smallest absolute Gasteiger partial charge is 0.0628 e. The van der Waals surface area contributed by atoms with Gasteiger partial charge in [-0.2, -0.15) is 0 Å². The summed E-state index contributed by atoms with van der Waals surface area (Å²) in [4.78, 5) is 2.34. The maximum absolute atomic E-state index is 9.43. The van der Waals surface area contributed by atoms with Crippen molar-refractivity contribution in [3.63, 3.8) is 0 Å². The lowest BCUT2D eigenvalue weighted by atomic mass is 10.1. The van der Waals surface area contributed by atoms with Crippen LogP contribution in [-0.4, -0.2) is 29.7 Å². The van der Waals surface area contributed by atoms with Gasteiger partial charge in [-0.15, -0.1) is 0 Å². The van der Waals surface area contributed by atoms with E-state index in [1.165, 1.54) is 12.8 Å². The minimum atomic E-state index is 0.143. The van der Waals surface area contributed by atoms with Crippen molar-refractivity contribution in [3.05, 3.63) is 34.9 Å². The first-order valence-corrected chi connectivity index (χ1v) is 5.79. The summed E-state index contributed by atoms with van der Waals surface area (Å²) in [6.45, 7) is 2.36. The van der Waals surface area contributed by atoms with Crippen molar-refractivity contribution < 1.29 is 5.11 Å². The van der Waals surface area contributed by atoms with Crippen molar-refractivity contribution in [1.82, 2.24) is 4.90 Å². The molecule has 0 spiro atoms. The van der Waals surface area contributed by atoms with Gasteiger partial charge in [-0.25, -0.2) is 0 Å². The van der Waals surface area contributed by atoms with Crippen molar-refractivity contribution in [2.45, 2.75) is 18.9 Å². The van der Waals surface area contributed by atoms with E-state index < -0.39 is 0 Å². The number of rotatable bonds is 3. The second-order valence-corrected chi connectivity index (χ2v) is 4.43. The maximum atomic E-state index is 9.43. The van der Waals surface area contributed by atoms with E-state index in [0.717, 1.165) is 23.7 Å². The topological polar surface area (TPSA) is 23.5 Å². The highest BCUT2D eigenvalue weighted by Crippen LogP contribution is 2.25. The molecule has 0 radical (unpaired) electrons. The molecule has 2 rings (SSSR count). The second kappa shape index (κ2) is 4.97. The molecule has 1 fully saturated rings. The van der Waals surface area contributed by atoms with Crippen LogP contribution in [-0.2, 0) is 0 Å². The SMILES string of the molecule is OCC(c1ccc(Cl)cc1)N1CCCC1. The first-order chi connectivity index (χ1) is 7.31. The Kier molecular flexibility index (Phi) is 3.62. The number of aliphatic hydroxyl groups is 1. The Labute approximate surface area is 95.5 Å². The monoisotopic (exact) mass is 225 g/mol. The molecule has 0 aromatic heterocycles. The Bertz CT molecular complexity index is 306. The molecular weight excluding hydrogens is 210 g/mol. The van der Waals surface area contributed by atoms with E-state index in [4.69, 9.17) is 11.6 Å². The van der Waals surface area contributed by atoms with Gasteiger partial charge in [0.1, 0.15) is 0 Å². The minimum absolute atomic E-state index is 0.143. The molecule has 1 aliphatic rings. The van der Waals surface area contributed by atoms with Crippen molar-refractivity contribution >= 4 is 11.6 Å². The number of halogens is 1. The van der Waals surface area contributed by atoms with Gasteiger partial charge in [-0.3, -0.25) is 4.90 Å². The Hall–Kier alpha value is -0.570. The van der Waals surface area contributed by atoms with Crippen LogP contribution in [0.4, 0.5) is 0 Å². The molecule has 1 saturated heterocycles. The molecular formula is C12H16ClNO. The van der Waals surface area contributed by atoms with Crippen LogP contribution in [0.3, 0.4) is 0 Å². The van der Waals surface area contributed by atoms with Crippen LogP contribution in [0.5, 0.6) is 0 Å². The molecule has 2 nitrogen and oxygen atoms in total. The van der Waals surface area contributed by atoms with Crippen LogP contribution >= 0.6 is 11.6 Å². The zero-order chi connectivity index (χ0) is 10.7. The fraction of sp³-hybridized carbons (Fsp3) is 0.500. The zero-order valence-corrected chi connectivity index (χ0v) is 9.45. The highest BCUT2D eigenvalue weighted by atomic mass is 35.5. The quantitative estimate of drug-likeness (QED) is 0.855. The first-order valence-electron chi connectivity index (χ1n) is 5.41. The molecule has 0 amide bonds. The summed E-state index contributed by atoms with van der Waals surface area (Å²) < 4.78 is 0. The van der Waals surface area contributed by atoms with Gasteiger partial charge >= 0.3 is 0 Å². The van der Waals surface area contributed by atoms with Gasteiger partial charge in [-0.05, 0) is 43.6 Å². The van der Waals surface area contributed by atoms with Crippen LogP contribution in [0.15, 0.2) is 24.3 Å². The summed E-state index contributed by atoms with van der Waals surface area (Å²) in [7, 11) is 0. The lowest BCUT2D eigenvalue weighted by Crippen LogP contribution is -2.28. The predicted octanol–water partition coefficient (Wildman–Crippen LogP) is 2.47. The molecule has 1 heterocycles. The second-order valence-electron chi connectivity index (χ2n) is 3.99. The fourth-order valence-corrected chi connectivity index (χ4v) is 2.30. The number of hydrogen-bond acceptors (Lipinski definition) is 2. The number of likely N-dealkylation sites (tertiary alicyclic amines) is 1. The lowest BCUT2D eigenvalue weighted by molar-refractivity contribution is 0.147. The Balaban J connectivity index is 2.14. The van der Waals surface area contributed by atoms with Gasteiger partial charge in [-0.1, -0.05) is 23.7 Å². The molecule has 1 atom stereocenters. The molecule has 1 unspecified atom stereocenters. The molecule has 82 valence electrons. The van der Waals surface area contributed by atoms with Gasteiger partial charge in [0.25, 0.3) is 0 Å². The first kappa shape index (κ1) is 10.9. The van der Waals surface area contributed by atoms with Crippen LogP contribution in [0.2, 0.25) is 5.02 Å². The molecule has 3 heteroatoms. The van der Waals surface area contributed by atoms with E-state index in [2.05, 4.69) is 4.90 Å². The summed E-state index contributed by atoms with van der Waals surface area (Å²) in [5.41, 5.74) is 1.16. The molecule has 1 aromatic carbocycles. The molecule has 1 aromatic rings. The van der Waals surface area contributed by atoms with Gasteiger partial charge in [0.05, 0.1) is 12.6 Å². The van der Waals surface area contributed by atoms with Crippen molar-refractivity contribution in [1.29, 1.82) is 0 Å². The summed E-state index contributed by atoms with van der Waals surface area (Å²) in [5.74, 6) is 0. The van der Waals surface area contributed by atoms with E-state index in [0.29, 0.717) is 0 Å². The number of nitrogens with zero attached hydrogens (tertiary/aromatic N) is 1. The highest BCUT2D eigenvalue weighted by molar-refractivity contribution is 6.30. The lowest BCUT2D eigenvalue weighted by Gasteiger charge is -2.26. The van der Waals surface area contributed by atoms with E-state index >= 15 is 0 Å². The predicted molar refractivity (Wildman–Crippen MR) is 62.1 cm³/mol. The highest BCUT2D eigenvalue weighted by Gasteiger charge is 2.22. The van der Waals surface area contributed by atoms with Crippen LogP contribution in [0.1, 0.15) is 24.4 Å². The average Bonchev–Trinajstić information content (AvgIpc) is 2.75. The Morgan fingerprint density at radius 1 is 1.20 bits per heavy atom. The van der Waals surface area contributed by atoms with Crippen LogP contribution in [0.25, 0.3) is 0 Å². The largest absolute Gasteiger partial charge is 0.394 e. The average molecular weight is 226 g/mol. The third-order valence-electron chi connectivity index (χ3n) is 3.01. The Morgan fingerprint density at radius 2 is 1.80 bits per heavy atom. The number of aliphatic hydroxyl groups excluding tert-OH is 1. The summed E-state index contributed by atoms with van der Waals surface area (Å²) in [6, 6.07) is 7.92. The van der Waals surface area contributed by atoms with Crippen LogP contribution < -0.4 is 0 Å². The number of hydrogen-bond donors (Lipinski definition) is 1. The maximum Gasteiger partial charge on any atom is 0.0628 e. The Morgan fingerprint density at radius 3 is 2.33 bits per heavy atom. The van der Waals surface area contributed by atoms with Gasteiger partial charge in [0.2, 0.25) is 0 Å². The third-order valence-corrected chi connectivity index (χ3v) is 3.26. The normalized spacial score (nSPS) is 19.3. The molecule has 0 saturated carbocycles. The van der Waals surface area contributed by atoms with E-state index in [1.54, 1.807) is 0 Å². The van der Waals surface area contributed by atoms with E-state index in [1.807, 2.05) is 24.3 Å². The molecule has 0 aliphatic carbocycles. The summed E-state index contributed by atoms with van der Waals surface area (Å²) in [6.07, 6.45) is 2.48. The van der Waals surface area contributed by atoms with Crippen molar-refractivity contribution in [2.24, 2.45) is 0 Å². The van der Waals surface area contributed by atoms with Crippen molar-refractivity contribution in [2.75, 3.05) is 19.7 Å². The number of benzene rings is 1. The summed E-state index contributed by atoms with van der Waals surface area (Å²) >= 11 is 5.84. The van der Waals surface area contributed by atoms with Gasteiger partial charge in [0.15, 0.2) is 0 Å². The summed E-state index contributed by atoms with van der Waals surface area (Å²) in [5, 5.41) is 10.2. The van der Waals surface area contributed by atoms with Crippen LogP contribution in [0, 0.1) is 0 Å². The molecule has 15 heavy (non-hydrogen) atoms. The van der Waals surface area contributed by atoms with Crippen molar-refractivity contribution in [3.8, 4) is 0 Å². The molecule has 0 bridgehead atoms. The minimum Gasteiger partial charge on any atom is -0.394 e. The van der Waals surface area contributed by atoms with Gasteiger partial charge < -0.3 is 5.11 Å². The molecule has 1 aliphatic heterocycles. The standard InChI is InChI=1S/C12H16ClNO/c13-11-5-3-10(4-6-11)12(9-15)14-7-1-2-8-14/h3-6,12,15H,1-2,7-9H2. The zero-order valence-electron chi connectivity index (χ0n) is 8.69. The third kappa shape index (κ3) is 2.51. The molecule has 1 N–H and O–H groups in total.